The minimum atomic E-state index is 0.309. The van der Waals surface area contributed by atoms with Crippen LogP contribution in [0.1, 0.15) is 16.7 Å². The van der Waals surface area contributed by atoms with Crippen molar-refractivity contribution in [2.24, 2.45) is 5.11 Å². The van der Waals surface area contributed by atoms with E-state index >= 15 is 0 Å². The molecule has 4 nitrogen and oxygen atoms in total. The standard InChI is InChI=1S/C16H13N3O/c1-20-16-10-7-13(8-11-16)6-9-14-4-2-3-5-15(14)12-18-19-17/h2-5,7-8,10-11H,12H2,1H3. The molecular formula is C16H13N3O. The molecule has 0 saturated carbocycles. The summed E-state index contributed by atoms with van der Waals surface area (Å²) < 4.78 is 5.10. The first-order valence-corrected chi connectivity index (χ1v) is 6.08. The number of methoxy groups -OCH3 is 1. The highest BCUT2D eigenvalue weighted by Crippen LogP contribution is 2.12. The van der Waals surface area contributed by atoms with Crippen molar-refractivity contribution < 1.29 is 4.74 Å². The van der Waals surface area contributed by atoms with Gasteiger partial charge in [0.25, 0.3) is 0 Å². The van der Waals surface area contributed by atoms with Crippen LogP contribution in [0.25, 0.3) is 10.4 Å². The summed E-state index contributed by atoms with van der Waals surface area (Å²) in [7, 11) is 1.63. The first-order valence-electron chi connectivity index (χ1n) is 6.08. The maximum absolute atomic E-state index is 8.39. The summed E-state index contributed by atoms with van der Waals surface area (Å²) in [6, 6.07) is 15.2. The van der Waals surface area contributed by atoms with E-state index in [0.29, 0.717) is 6.54 Å². The van der Waals surface area contributed by atoms with Gasteiger partial charge >= 0.3 is 0 Å². The zero-order valence-corrected chi connectivity index (χ0v) is 11.1. The second-order valence-corrected chi connectivity index (χ2v) is 4.02. The van der Waals surface area contributed by atoms with Crippen LogP contribution in [0.15, 0.2) is 53.6 Å². The summed E-state index contributed by atoms with van der Waals surface area (Å²) in [4.78, 5) is 2.77. The monoisotopic (exact) mass is 263 g/mol. The fourth-order valence-corrected chi connectivity index (χ4v) is 1.70. The molecule has 0 saturated heterocycles. The largest absolute Gasteiger partial charge is 0.497 e. The third-order valence-electron chi connectivity index (χ3n) is 2.75. The smallest absolute Gasteiger partial charge is 0.118 e. The number of azide groups is 1. The van der Waals surface area contributed by atoms with Crippen molar-refractivity contribution >= 4 is 0 Å². The molecule has 0 aliphatic heterocycles. The lowest BCUT2D eigenvalue weighted by Gasteiger charge is -2.00. The average Bonchev–Trinajstić information content (AvgIpc) is 2.52. The molecule has 0 spiro atoms. The molecule has 2 aromatic rings. The van der Waals surface area contributed by atoms with Gasteiger partial charge in [0.15, 0.2) is 0 Å². The van der Waals surface area contributed by atoms with Crippen LogP contribution in [0.4, 0.5) is 0 Å². The van der Waals surface area contributed by atoms with Crippen LogP contribution in [0.2, 0.25) is 0 Å². The van der Waals surface area contributed by atoms with Gasteiger partial charge in [0, 0.05) is 16.0 Å². The van der Waals surface area contributed by atoms with Crippen LogP contribution < -0.4 is 4.74 Å². The molecular weight excluding hydrogens is 250 g/mol. The molecule has 0 amide bonds. The first-order chi connectivity index (χ1) is 9.83. The Balaban J connectivity index is 2.25. The topological polar surface area (TPSA) is 58.0 Å². The minimum absolute atomic E-state index is 0.309. The van der Waals surface area contributed by atoms with Crippen LogP contribution in [0.3, 0.4) is 0 Å². The van der Waals surface area contributed by atoms with Gasteiger partial charge in [-0.1, -0.05) is 35.2 Å². The Morgan fingerprint density at radius 3 is 2.55 bits per heavy atom. The van der Waals surface area contributed by atoms with E-state index in [1.807, 2.05) is 48.5 Å². The first kappa shape index (κ1) is 13.5. The number of hydrogen-bond acceptors (Lipinski definition) is 2. The number of benzene rings is 2. The van der Waals surface area contributed by atoms with Gasteiger partial charge < -0.3 is 4.74 Å². The Morgan fingerprint density at radius 1 is 1.10 bits per heavy atom. The van der Waals surface area contributed by atoms with Crippen LogP contribution in [-0.2, 0) is 6.54 Å². The highest BCUT2D eigenvalue weighted by Gasteiger charge is 1.97. The van der Waals surface area contributed by atoms with E-state index in [2.05, 4.69) is 21.9 Å². The average molecular weight is 263 g/mol. The van der Waals surface area contributed by atoms with Crippen molar-refractivity contribution in [3.8, 4) is 17.6 Å². The third kappa shape index (κ3) is 3.55. The van der Waals surface area contributed by atoms with Gasteiger partial charge in [-0.2, -0.15) is 0 Å². The van der Waals surface area contributed by atoms with Crippen LogP contribution in [0, 0.1) is 11.8 Å². The molecule has 20 heavy (non-hydrogen) atoms. The van der Waals surface area contributed by atoms with Gasteiger partial charge in [-0.3, -0.25) is 0 Å². The van der Waals surface area contributed by atoms with Crippen molar-refractivity contribution in [1.82, 2.24) is 0 Å². The second-order valence-electron chi connectivity index (χ2n) is 4.02. The molecule has 0 bridgehead atoms. The summed E-state index contributed by atoms with van der Waals surface area (Å²) in [6.07, 6.45) is 0. The predicted molar refractivity (Wildman–Crippen MR) is 78.3 cm³/mol. The van der Waals surface area contributed by atoms with E-state index in [0.717, 1.165) is 22.4 Å². The summed E-state index contributed by atoms with van der Waals surface area (Å²) in [5, 5.41) is 3.58. The molecule has 0 aromatic heterocycles. The number of hydrogen-bond donors (Lipinski definition) is 0. The molecule has 0 N–H and O–H groups in total. The van der Waals surface area contributed by atoms with Gasteiger partial charge in [0.05, 0.1) is 13.7 Å². The Labute approximate surface area is 117 Å². The zero-order chi connectivity index (χ0) is 14.2. The molecule has 0 aliphatic carbocycles. The predicted octanol–water partition coefficient (Wildman–Crippen LogP) is 3.91. The molecule has 4 heteroatoms. The van der Waals surface area contributed by atoms with E-state index in [-0.39, 0.29) is 0 Å². The molecule has 0 radical (unpaired) electrons. The molecule has 98 valence electrons. The Kier molecular flexibility index (Phi) is 4.66. The summed E-state index contributed by atoms with van der Waals surface area (Å²) in [5.41, 5.74) is 11.1. The molecule has 0 aliphatic rings. The number of ether oxygens (including phenoxy) is 1. The van der Waals surface area contributed by atoms with Crippen molar-refractivity contribution in [3.63, 3.8) is 0 Å². The molecule has 0 heterocycles. The quantitative estimate of drug-likeness (QED) is 0.358. The van der Waals surface area contributed by atoms with Crippen molar-refractivity contribution in [2.75, 3.05) is 7.11 Å². The van der Waals surface area contributed by atoms with E-state index in [4.69, 9.17) is 10.3 Å². The number of nitrogens with zero attached hydrogens (tertiary/aromatic N) is 3. The highest BCUT2D eigenvalue weighted by atomic mass is 16.5. The van der Waals surface area contributed by atoms with Crippen LogP contribution in [-0.4, -0.2) is 7.11 Å². The molecule has 2 rings (SSSR count). The van der Waals surface area contributed by atoms with Gasteiger partial charge in [-0.05, 0) is 41.4 Å². The zero-order valence-electron chi connectivity index (χ0n) is 11.1. The van der Waals surface area contributed by atoms with E-state index in [1.165, 1.54) is 0 Å². The lowest BCUT2D eigenvalue weighted by atomic mass is 10.1. The van der Waals surface area contributed by atoms with E-state index in [9.17, 15) is 0 Å². The van der Waals surface area contributed by atoms with Crippen molar-refractivity contribution in [1.29, 1.82) is 0 Å². The van der Waals surface area contributed by atoms with Crippen molar-refractivity contribution in [3.05, 3.63) is 75.7 Å². The van der Waals surface area contributed by atoms with Gasteiger partial charge in [-0.15, -0.1) is 0 Å². The van der Waals surface area contributed by atoms with E-state index < -0.39 is 0 Å². The summed E-state index contributed by atoms with van der Waals surface area (Å²) in [5.74, 6) is 7.00. The van der Waals surface area contributed by atoms with Gasteiger partial charge in [-0.25, -0.2) is 0 Å². The maximum atomic E-state index is 8.39. The minimum Gasteiger partial charge on any atom is -0.497 e. The lowest BCUT2D eigenvalue weighted by Crippen LogP contribution is -1.87. The molecule has 0 unspecified atom stereocenters. The lowest BCUT2D eigenvalue weighted by molar-refractivity contribution is 0.415. The summed E-state index contributed by atoms with van der Waals surface area (Å²) >= 11 is 0. The fourth-order valence-electron chi connectivity index (χ4n) is 1.70. The van der Waals surface area contributed by atoms with Crippen LogP contribution in [0.5, 0.6) is 5.75 Å². The Morgan fingerprint density at radius 2 is 1.85 bits per heavy atom. The van der Waals surface area contributed by atoms with Crippen molar-refractivity contribution in [2.45, 2.75) is 6.54 Å². The second kappa shape index (κ2) is 6.89. The molecule has 2 aromatic carbocycles. The third-order valence-corrected chi connectivity index (χ3v) is 2.75. The Hall–Kier alpha value is -2.89. The van der Waals surface area contributed by atoms with Crippen LogP contribution >= 0.6 is 0 Å². The normalized spacial score (nSPS) is 9.05. The fraction of sp³-hybridized carbons (Fsp3) is 0.125. The molecule has 0 atom stereocenters. The SMILES string of the molecule is COc1ccc(C#Cc2ccccc2CN=[N+]=[N-])cc1. The molecule has 0 fully saturated rings. The van der Waals surface area contributed by atoms with Gasteiger partial charge in [0.2, 0.25) is 0 Å². The van der Waals surface area contributed by atoms with Gasteiger partial charge in [0.1, 0.15) is 5.75 Å². The van der Waals surface area contributed by atoms with E-state index in [1.54, 1.807) is 7.11 Å². The highest BCUT2D eigenvalue weighted by molar-refractivity contribution is 5.47. The number of rotatable bonds is 3. The maximum Gasteiger partial charge on any atom is 0.118 e. The summed E-state index contributed by atoms with van der Waals surface area (Å²) in [6.45, 7) is 0.309. The Bertz CT molecular complexity index is 690.